The summed E-state index contributed by atoms with van der Waals surface area (Å²) in [6.07, 6.45) is 27.7. The predicted octanol–water partition coefficient (Wildman–Crippen LogP) is 9.42. The highest BCUT2D eigenvalue weighted by atomic mass is 14.3. The predicted molar refractivity (Wildman–Crippen MR) is 125 cm³/mol. The molecule has 0 aromatic carbocycles. The van der Waals surface area contributed by atoms with Crippen LogP contribution >= 0.6 is 0 Å². The molecule has 0 atom stereocenters. The summed E-state index contributed by atoms with van der Waals surface area (Å²) in [6, 6.07) is 0. The Labute approximate surface area is 178 Å². The minimum Gasteiger partial charge on any atom is -0.0625 e. The van der Waals surface area contributed by atoms with Crippen molar-refractivity contribution in [3.63, 3.8) is 0 Å². The zero-order valence-corrected chi connectivity index (χ0v) is 19.8. The van der Waals surface area contributed by atoms with Gasteiger partial charge in [-0.15, -0.1) is 0 Å². The van der Waals surface area contributed by atoms with Gasteiger partial charge in [0.1, 0.15) is 0 Å². The summed E-state index contributed by atoms with van der Waals surface area (Å²) >= 11 is 0. The third-order valence-electron chi connectivity index (χ3n) is 9.01. The maximum atomic E-state index is 2.38. The minimum atomic E-state index is 0.990. The SMILES string of the molecule is C1CCC(CC2CCC(C3CCCCC3)CC2)CC1.CC1CC(C)CC(C)C1. The van der Waals surface area contributed by atoms with Gasteiger partial charge in [0.25, 0.3) is 0 Å². The van der Waals surface area contributed by atoms with Gasteiger partial charge in [-0.3, -0.25) is 0 Å². The average molecular weight is 389 g/mol. The standard InChI is InChI=1S/C19H34.C9H18/c1-3-7-16(8-4-1)15-17-11-13-19(14-12-17)18-9-5-2-6-10-18;1-7-4-8(2)6-9(3)5-7/h16-19H,1-15H2;7-9H,4-6H2,1-3H3. The highest BCUT2D eigenvalue weighted by Gasteiger charge is 2.29. The topological polar surface area (TPSA) is 0 Å². The molecule has 0 aromatic rings. The van der Waals surface area contributed by atoms with Gasteiger partial charge in [-0.1, -0.05) is 97.8 Å². The molecule has 0 saturated heterocycles. The Bertz CT molecular complexity index is 367. The van der Waals surface area contributed by atoms with E-state index in [9.17, 15) is 0 Å². The van der Waals surface area contributed by atoms with Gasteiger partial charge in [-0.2, -0.15) is 0 Å². The van der Waals surface area contributed by atoms with Crippen LogP contribution in [-0.2, 0) is 0 Å². The molecule has 0 N–H and O–H groups in total. The fourth-order valence-electron chi connectivity index (χ4n) is 7.74. The molecule has 4 saturated carbocycles. The molecule has 0 heteroatoms. The fraction of sp³-hybridized carbons (Fsp3) is 1.00. The Morgan fingerprint density at radius 2 is 0.821 bits per heavy atom. The minimum absolute atomic E-state index is 0.990. The lowest BCUT2D eigenvalue weighted by Crippen LogP contribution is -2.24. The normalized spacial score (nSPS) is 38.5. The van der Waals surface area contributed by atoms with E-state index in [0.29, 0.717) is 0 Å². The van der Waals surface area contributed by atoms with Crippen LogP contribution in [0, 0.1) is 41.4 Å². The summed E-state index contributed by atoms with van der Waals surface area (Å²) in [5.74, 6) is 7.46. The Kier molecular flexibility index (Phi) is 9.72. The van der Waals surface area contributed by atoms with Crippen LogP contribution in [0.5, 0.6) is 0 Å². The summed E-state index contributed by atoms with van der Waals surface area (Å²) in [4.78, 5) is 0. The number of rotatable bonds is 3. The van der Waals surface area contributed by atoms with E-state index in [2.05, 4.69) is 20.8 Å². The first-order valence-corrected chi connectivity index (χ1v) is 13.6. The summed E-state index contributed by atoms with van der Waals surface area (Å²) in [5, 5.41) is 0. The Balaban J connectivity index is 0.000000211. The molecule has 4 aliphatic carbocycles. The number of hydrogen-bond donors (Lipinski definition) is 0. The van der Waals surface area contributed by atoms with Gasteiger partial charge in [0, 0.05) is 0 Å². The van der Waals surface area contributed by atoms with Gasteiger partial charge in [0.15, 0.2) is 0 Å². The van der Waals surface area contributed by atoms with Crippen molar-refractivity contribution in [1.82, 2.24) is 0 Å². The Morgan fingerprint density at radius 3 is 1.32 bits per heavy atom. The van der Waals surface area contributed by atoms with Crippen LogP contribution in [0.2, 0.25) is 0 Å². The van der Waals surface area contributed by atoms with Crippen LogP contribution in [0.3, 0.4) is 0 Å². The van der Waals surface area contributed by atoms with E-state index in [0.717, 1.165) is 41.4 Å². The van der Waals surface area contributed by atoms with Crippen LogP contribution < -0.4 is 0 Å². The Morgan fingerprint density at radius 1 is 0.429 bits per heavy atom. The van der Waals surface area contributed by atoms with Gasteiger partial charge in [0.2, 0.25) is 0 Å². The highest BCUT2D eigenvalue weighted by Crippen LogP contribution is 2.42. The summed E-state index contributed by atoms with van der Waals surface area (Å²) in [6.45, 7) is 7.14. The van der Waals surface area contributed by atoms with E-state index in [1.165, 1.54) is 57.8 Å². The lowest BCUT2D eigenvalue weighted by molar-refractivity contribution is 0.148. The smallest absolute Gasteiger partial charge is 0.0386 e. The summed E-state index contributed by atoms with van der Waals surface area (Å²) in [7, 11) is 0. The molecule has 164 valence electrons. The third-order valence-corrected chi connectivity index (χ3v) is 9.01. The van der Waals surface area contributed by atoms with Gasteiger partial charge >= 0.3 is 0 Å². The van der Waals surface area contributed by atoms with Crippen molar-refractivity contribution in [3.8, 4) is 0 Å². The van der Waals surface area contributed by atoms with Gasteiger partial charge < -0.3 is 0 Å². The molecule has 4 aliphatic rings. The third kappa shape index (κ3) is 7.68. The molecule has 28 heavy (non-hydrogen) atoms. The highest BCUT2D eigenvalue weighted by molar-refractivity contribution is 4.81. The molecule has 0 radical (unpaired) electrons. The summed E-state index contributed by atoms with van der Waals surface area (Å²) < 4.78 is 0. The van der Waals surface area contributed by atoms with Crippen molar-refractivity contribution in [2.24, 2.45) is 41.4 Å². The van der Waals surface area contributed by atoms with E-state index in [1.54, 1.807) is 57.8 Å². The average Bonchev–Trinajstić information content (AvgIpc) is 2.69. The van der Waals surface area contributed by atoms with Crippen LogP contribution in [0.1, 0.15) is 136 Å². The van der Waals surface area contributed by atoms with Gasteiger partial charge in [-0.25, -0.2) is 0 Å². The largest absolute Gasteiger partial charge is 0.0625 e. The molecule has 4 fully saturated rings. The van der Waals surface area contributed by atoms with Crippen molar-refractivity contribution < 1.29 is 0 Å². The second-order valence-corrected chi connectivity index (χ2v) is 11.9. The van der Waals surface area contributed by atoms with Crippen LogP contribution in [0.15, 0.2) is 0 Å². The molecular formula is C28H52. The molecule has 0 bridgehead atoms. The maximum absolute atomic E-state index is 2.38. The van der Waals surface area contributed by atoms with E-state index in [1.807, 2.05) is 0 Å². The zero-order valence-electron chi connectivity index (χ0n) is 19.8. The molecule has 0 heterocycles. The van der Waals surface area contributed by atoms with Crippen LogP contribution in [0.25, 0.3) is 0 Å². The van der Waals surface area contributed by atoms with E-state index in [4.69, 9.17) is 0 Å². The lowest BCUT2D eigenvalue weighted by atomic mass is 9.69. The monoisotopic (exact) mass is 388 g/mol. The molecule has 0 unspecified atom stereocenters. The molecule has 0 amide bonds. The van der Waals surface area contributed by atoms with Crippen molar-refractivity contribution in [2.45, 2.75) is 136 Å². The fourth-order valence-corrected chi connectivity index (χ4v) is 7.74. The number of hydrogen-bond acceptors (Lipinski definition) is 0. The van der Waals surface area contributed by atoms with Crippen molar-refractivity contribution >= 4 is 0 Å². The first kappa shape index (κ1) is 22.7. The van der Waals surface area contributed by atoms with E-state index < -0.39 is 0 Å². The maximum Gasteiger partial charge on any atom is -0.0386 e. The lowest BCUT2D eigenvalue weighted by Gasteiger charge is -2.37. The van der Waals surface area contributed by atoms with Gasteiger partial charge in [-0.05, 0) is 80.0 Å². The first-order chi connectivity index (χ1) is 13.6. The van der Waals surface area contributed by atoms with Crippen molar-refractivity contribution in [2.75, 3.05) is 0 Å². The van der Waals surface area contributed by atoms with Gasteiger partial charge in [0.05, 0.1) is 0 Å². The second kappa shape index (κ2) is 12.0. The molecular weight excluding hydrogens is 336 g/mol. The molecule has 0 aliphatic heterocycles. The quantitative estimate of drug-likeness (QED) is 0.451. The van der Waals surface area contributed by atoms with Crippen molar-refractivity contribution in [3.05, 3.63) is 0 Å². The zero-order chi connectivity index (χ0) is 19.8. The molecule has 0 nitrogen and oxygen atoms in total. The van der Waals surface area contributed by atoms with Crippen LogP contribution in [-0.4, -0.2) is 0 Å². The molecule has 4 rings (SSSR count). The molecule has 0 aromatic heterocycles. The first-order valence-electron chi connectivity index (χ1n) is 13.6. The Hall–Kier alpha value is 0. The van der Waals surface area contributed by atoms with E-state index >= 15 is 0 Å². The van der Waals surface area contributed by atoms with E-state index in [-0.39, 0.29) is 0 Å². The summed E-state index contributed by atoms with van der Waals surface area (Å²) in [5.41, 5.74) is 0. The second-order valence-electron chi connectivity index (χ2n) is 11.9. The van der Waals surface area contributed by atoms with Crippen LogP contribution in [0.4, 0.5) is 0 Å². The van der Waals surface area contributed by atoms with Crippen molar-refractivity contribution in [1.29, 1.82) is 0 Å². The molecule has 0 spiro atoms.